The summed E-state index contributed by atoms with van der Waals surface area (Å²) in [6.45, 7) is 2.34. The maximum absolute atomic E-state index is 12.9. The average Bonchev–Trinajstić information content (AvgIpc) is 3.28. The monoisotopic (exact) mass is 477 g/mol. The number of nitrogens with one attached hydrogen (secondary N) is 3. The van der Waals surface area contributed by atoms with Crippen LogP contribution in [-0.4, -0.2) is 83.1 Å². The highest BCUT2D eigenvalue weighted by Gasteiger charge is 2.28. The molecule has 1 fully saturated rings. The normalized spacial score (nSPS) is 13.9. The van der Waals surface area contributed by atoms with E-state index in [4.69, 9.17) is 0 Å². The minimum Gasteiger partial charge on any atom is -0.478 e. The lowest BCUT2D eigenvalue weighted by Gasteiger charge is -2.31. The van der Waals surface area contributed by atoms with Gasteiger partial charge in [0.05, 0.1) is 22.3 Å². The molecule has 3 aromatic rings. The van der Waals surface area contributed by atoms with Gasteiger partial charge in [0.1, 0.15) is 6.29 Å². The maximum atomic E-state index is 12.9. The second-order valence-corrected chi connectivity index (χ2v) is 8.20. The standard InChI is InChI=1S/C24H23N5O6/c1-28-5-7-29(8-6-28)22(32)21(31)18-12-25-20-17(18)3-2-4-19(20)27-24(35)26-16-10-14(13-30)9-15(11-16)23(33)34/h2-4,9-13,25H,5-8H2,1H3,(H,33,34)(H2,26,27,35). The van der Waals surface area contributed by atoms with E-state index >= 15 is 0 Å². The lowest BCUT2D eigenvalue weighted by atomic mass is 10.1. The molecule has 0 aliphatic carbocycles. The van der Waals surface area contributed by atoms with E-state index in [2.05, 4.69) is 20.5 Å². The minimum atomic E-state index is -1.24. The first-order valence-corrected chi connectivity index (χ1v) is 10.8. The van der Waals surface area contributed by atoms with Crippen LogP contribution in [0.1, 0.15) is 31.1 Å². The molecule has 180 valence electrons. The van der Waals surface area contributed by atoms with E-state index in [9.17, 15) is 29.1 Å². The molecule has 0 bridgehead atoms. The first-order chi connectivity index (χ1) is 16.8. The smallest absolute Gasteiger partial charge is 0.335 e. The number of carboxylic acids is 1. The summed E-state index contributed by atoms with van der Waals surface area (Å²) < 4.78 is 0. The summed E-state index contributed by atoms with van der Waals surface area (Å²) in [5.41, 5.74) is 1.07. The van der Waals surface area contributed by atoms with Gasteiger partial charge < -0.3 is 30.5 Å². The number of carboxylic acid groups (broad SMARTS) is 1. The summed E-state index contributed by atoms with van der Waals surface area (Å²) in [4.78, 5) is 67.2. The van der Waals surface area contributed by atoms with E-state index in [1.807, 2.05) is 7.05 Å². The van der Waals surface area contributed by atoms with Gasteiger partial charge in [0.2, 0.25) is 0 Å². The summed E-state index contributed by atoms with van der Waals surface area (Å²) >= 11 is 0. The number of benzene rings is 2. The average molecular weight is 477 g/mol. The molecule has 4 rings (SSSR count). The van der Waals surface area contributed by atoms with Crippen molar-refractivity contribution in [1.29, 1.82) is 0 Å². The fourth-order valence-electron chi connectivity index (χ4n) is 3.91. The number of urea groups is 1. The van der Waals surface area contributed by atoms with Crippen LogP contribution in [0.25, 0.3) is 10.9 Å². The minimum absolute atomic E-state index is 0.0971. The number of aromatic amines is 1. The Bertz CT molecular complexity index is 1340. The predicted molar refractivity (Wildman–Crippen MR) is 128 cm³/mol. The van der Waals surface area contributed by atoms with Crippen LogP contribution in [0.3, 0.4) is 0 Å². The van der Waals surface area contributed by atoms with Crippen LogP contribution in [0.2, 0.25) is 0 Å². The molecule has 3 amide bonds. The predicted octanol–water partition coefficient (Wildman–Crippen LogP) is 2.28. The molecule has 0 radical (unpaired) electrons. The van der Waals surface area contributed by atoms with E-state index in [0.29, 0.717) is 49.1 Å². The molecule has 35 heavy (non-hydrogen) atoms. The molecule has 1 aliphatic rings. The molecule has 11 heteroatoms. The number of amides is 3. The maximum Gasteiger partial charge on any atom is 0.335 e. The summed E-state index contributed by atoms with van der Waals surface area (Å²) in [5, 5.41) is 14.8. The van der Waals surface area contributed by atoms with Crippen molar-refractivity contribution in [1.82, 2.24) is 14.8 Å². The molecule has 11 nitrogen and oxygen atoms in total. The number of para-hydroxylation sites is 1. The van der Waals surface area contributed by atoms with Crippen molar-refractivity contribution in [2.75, 3.05) is 43.9 Å². The highest BCUT2D eigenvalue weighted by atomic mass is 16.4. The van der Waals surface area contributed by atoms with Crippen LogP contribution < -0.4 is 10.6 Å². The summed E-state index contributed by atoms with van der Waals surface area (Å²) in [5.74, 6) is -2.44. The van der Waals surface area contributed by atoms with E-state index < -0.39 is 23.7 Å². The molecule has 0 unspecified atom stereocenters. The van der Waals surface area contributed by atoms with Gasteiger partial charge in [-0.25, -0.2) is 9.59 Å². The van der Waals surface area contributed by atoms with Gasteiger partial charge in [-0.05, 0) is 31.3 Å². The molecule has 0 atom stereocenters. The quantitative estimate of drug-likeness (QED) is 0.241. The Morgan fingerprint density at radius 3 is 2.46 bits per heavy atom. The molecular formula is C24H23N5O6. The number of nitrogens with zero attached hydrogens (tertiary/aromatic N) is 2. The van der Waals surface area contributed by atoms with Gasteiger partial charge >= 0.3 is 12.0 Å². The Labute approximate surface area is 199 Å². The molecule has 1 aromatic heterocycles. The first-order valence-electron chi connectivity index (χ1n) is 10.8. The first kappa shape index (κ1) is 23.6. The fourth-order valence-corrected chi connectivity index (χ4v) is 3.91. The molecule has 4 N–H and O–H groups in total. The number of piperazine rings is 1. The van der Waals surface area contributed by atoms with Gasteiger partial charge in [0.15, 0.2) is 0 Å². The van der Waals surface area contributed by atoms with Crippen molar-refractivity contribution in [2.45, 2.75) is 0 Å². The third-order valence-electron chi connectivity index (χ3n) is 5.79. The van der Waals surface area contributed by atoms with Crippen molar-refractivity contribution >= 4 is 52.3 Å². The molecule has 2 heterocycles. The van der Waals surface area contributed by atoms with Crippen LogP contribution >= 0.6 is 0 Å². The van der Waals surface area contributed by atoms with E-state index in [1.165, 1.54) is 29.3 Å². The Kier molecular flexibility index (Phi) is 6.60. The number of aromatic nitrogens is 1. The van der Waals surface area contributed by atoms with Crippen molar-refractivity contribution in [3.63, 3.8) is 0 Å². The SMILES string of the molecule is CN1CCN(C(=O)C(=O)c2c[nH]c3c(NC(=O)Nc4cc(C=O)cc(C(=O)O)c4)cccc23)CC1. The number of carbonyl (C=O) groups is 5. The van der Waals surface area contributed by atoms with Crippen molar-refractivity contribution in [2.24, 2.45) is 0 Å². The fraction of sp³-hybridized carbons (Fsp3) is 0.208. The third kappa shape index (κ3) is 5.04. The Morgan fingerprint density at radius 2 is 1.77 bits per heavy atom. The van der Waals surface area contributed by atoms with Crippen LogP contribution in [0.4, 0.5) is 16.2 Å². The lowest BCUT2D eigenvalue weighted by molar-refractivity contribution is -0.127. The number of hydrogen-bond acceptors (Lipinski definition) is 6. The second kappa shape index (κ2) is 9.77. The number of aromatic carboxylic acids is 1. The van der Waals surface area contributed by atoms with Crippen molar-refractivity contribution in [3.8, 4) is 0 Å². The van der Waals surface area contributed by atoms with Crippen LogP contribution in [0, 0.1) is 0 Å². The van der Waals surface area contributed by atoms with Gasteiger partial charge in [-0.15, -0.1) is 0 Å². The van der Waals surface area contributed by atoms with Crippen LogP contribution in [0.5, 0.6) is 0 Å². The number of carbonyl (C=O) groups excluding carboxylic acids is 4. The zero-order chi connectivity index (χ0) is 25.1. The van der Waals surface area contributed by atoms with Crippen LogP contribution in [-0.2, 0) is 4.79 Å². The van der Waals surface area contributed by atoms with Gasteiger partial charge in [-0.1, -0.05) is 12.1 Å². The largest absolute Gasteiger partial charge is 0.478 e. The Morgan fingerprint density at radius 1 is 1.03 bits per heavy atom. The number of ketones is 1. The number of aldehydes is 1. The third-order valence-corrected chi connectivity index (χ3v) is 5.79. The number of rotatable bonds is 6. The number of likely N-dealkylation sites (N-methyl/N-ethyl adjacent to an activating group) is 1. The molecule has 1 aliphatic heterocycles. The molecular weight excluding hydrogens is 454 g/mol. The highest BCUT2D eigenvalue weighted by Crippen LogP contribution is 2.26. The molecule has 0 saturated carbocycles. The van der Waals surface area contributed by atoms with Crippen LogP contribution in [0.15, 0.2) is 42.6 Å². The molecule has 1 saturated heterocycles. The van der Waals surface area contributed by atoms with Crippen molar-refractivity contribution < 1.29 is 29.1 Å². The number of hydrogen-bond donors (Lipinski definition) is 4. The Hall–Kier alpha value is -4.51. The summed E-state index contributed by atoms with van der Waals surface area (Å²) in [7, 11) is 1.96. The summed E-state index contributed by atoms with van der Waals surface area (Å²) in [6, 6.07) is 8.00. The highest BCUT2D eigenvalue weighted by molar-refractivity contribution is 6.45. The van der Waals surface area contributed by atoms with E-state index in [0.717, 1.165) is 0 Å². The van der Waals surface area contributed by atoms with E-state index in [-0.39, 0.29) is 22.4 Å². The van der Waals surface area contributed by atoms with Gasteiger partial charge in [-0.2, -0.15) is 0 Å². The Balaban J connectivity index is 1.52. The van der Waals surface area contributed by atoms with Gasteiger partial charge in [-0.3, -0.25) is 14.4 Å². The van der Waals surface area contributed by atoms with E-state index in [1.54, 1.807) is 18.2 Å². The zero-order valence-corrected chi connectivity index (χ0v) is 18.8. The zero-order valence-electron chi connectivity index (χ0n) is 18.8. The number of H-pyrrole nitrogens is 1. The molecule has 0 spiro atoms. The van der Waals surface area contributed by atoms with Gasteiger partial charge in [0.25, 0.3) is 11.7 Å². The lowest BCUT2D eigenvalue weighted by Crippen LogP contribution is -2.49. The van der Waals surface area contributed by atoms with Crippen molar-refractivity contribution in [3.05, 3.63) is 59.3 Å². The van der Waals surface area contributed by atoms with Gasteiger partial charge in [0, 0.05) is 49.0 Å². The number of Topliss-reactive ketones (excluding diaryl/α,β-unsaturated/α-hetero) is 1. The summed E-state index contributed by atoms with van der Waals surface area (Å²) in [6.07, 6.45) is 1.92. The topological polar surface area (TPSA) is 152 Å². The number of fused-ring (bicyclic) bond motifs is 1. The molecule has 2 aromatic carbocycles. The number of anilines is 2. The second-order valence-electron chi connectivity index (χ2n) is 8.20.